The summed E-state index contributed by atoms with van der Waals surface area (Å²) in [6, 6.07) is 3.52. The Labute approximate surface area is 99.5 Å². The summed E-state index contributed by atoms with van der Waals surface area (Å²) in [6.45, 7) is 3.60. The largest absolute Gasteiger partial charge is 0.496 e. The minimum atomic E-state index is -0.866. The third-order valence-electron chi connectivity index (χ3n) is 3.12. The Morgan fingerprint density at radius 1 is 1.47 bits per heavy atom. The van der Waals surface area contributed by atoms with E-state index < -0.39 is 5.60 Å². The van der Waals surface area contributed by atoms with Gasteiger partial charge in [-0.25, -0.2) is 4.79 Å². The molecule has 0 saturated heterocycles. The number of cyclic esters (lactones) is 1. The third-order valence-corrected chi connectivity index (χ3v) is 3.12. The van der Waals surface area contributed by atoms with Gasteiger partial charge in [-0.3, -0.25) is 0 Å². The Kier molecular flexibility index (Phi) is 2.65. The first-order valence-electron chi connectivity index (χ1n) is 5.38. The van der Waals surface area contributed by atoms with Gasteiger partial charge in [0.15, 0.2) is 0 Å². The maximum atomic E-state index is 11.7. The minimum absolute atomic E-state index is 0.151. The van der Waals surface area contributed by atoms with Gasteiger partial charge >= 0.3 is 5.97 Å². The van der Waals surface area contributed by atoms with Crippen LogP contribution in [0.3, 0.4) is 0 Å². The number of ether oxygens (including phenoxy) is 2. The van der Waals surface area contributed by atoms with Crippen LogP contribution in [0.2, 0.25) is 0 Å². The minimum Gasteiger partial charge on any atom is -0.496 e. The number of methoxy groups -OCH3 is 1. The first kappa shape index (κ1) is 11.6. The van der Waals surface area contributed by atoms with Crippen molar-refractivity contribution in [2.45, 2.75) is 25.9 Å². The highest BCUT2D eigenvalue weighted by atomic mass is 16.6. The van der Waals surface area contributed by atoms with Crippen LogP contribution >= 0.6 is 0 Å². The second-order valence-electron chi connectivity index (χ2n) is 4.36. The lowest BCUT2D eigenvalue weighted by Gasteiger charge is -2.21. The van der Waals surface area contributed by atoms with Crippen LogP contribution in [0.4, 0.5) is 0 Å². The maximum absolute atomic E-state index is 11.7. The van der Waals surface area contributed by atoms with Crippen molar-refractivity contribution in [3.05, 3.63) is 28.8 Å². The van der Waals surface area contributed by atoms with Crippen molar-refractivity contribution in [3.8, 4) is 5.75 Å². The van der Waals surface area contributed by atoms with Crippen LogP contribution in [-0.4, -0.2) is 19.4 Å². The van der Waals surface area contributed by atoms with Crippen LogP contribution in [0.5, 0.6) is 5.75 Å². The second-order valence-corrected chi connectivity index (χ2v) is 4.36. The molecule has 1 unspecified atom stereocenters. The molecule has 17 heavy (non-hydrogen) atoms. The molecule has 0 N–H and O–H groups in total. The quantitative estimate of drug-likeness (QED) is 0.592. The van der Waals surface area contributed by atoms with E-state index in [1.54, 1.807) is 26.2 Å². The molecule has 0 aliphatic carbocycles. The Balaban J connectivity index is 2.60. The molecule has 0 fully saturated rings. The molecule has 0 spiro atoms. The maximum Gasteiger partial charge on any atom is 0.339 e. The second kappa shape index (κ2) is 3.87. The molecule has 0 amide bonds. The highest BCUT2D eigenvalue weighted by molar-refractivity contribution is 5.95. The van der Waals surface area contributed by atoms with Gasteiger partial charge in [-0.1, -0.05) is 0 Å². The molecule has 4 nitrogen and oxygen atoms in total. The van der Waals surface area contributed by atoms with Gasteiger partial charge in [0, 0.05) is 12.0 Å². The van der Waals surface area contributed by atoms with Crippen molar-refractivity contribution in [2.75, 3.05) is 7.11 Å². The molecule has 4 heteroatoms. The van der Waals surface area contributed by atoms with Gasteiger partial charge in [0.05, 0.1) is 12.7 Å². The van der Waals surface area contributed by atoms with E-state index in [4.69, 9.17) is 9.47 Å². The van der Waals surface area contributed by atoms with Crippen molar-refractivity contribution in [1.29, 1.82) is 0 Å². The highest BCUT2D eigenvalue weighted by Gasteiger charge is 2.41. The predicted octanol–water partition coefficient (Wildman–Crippen LogP) is 1.98. The lowest BCUT2D eigenvalue weighted by atomic mass is 9.90. The average molecular weight is 234 g/mol. The van der Waals surface area contributed by atoms with Gasteiger partial charge in [0.1, 0.15) is 17.6 Å². The van der Waals surface area contributed by atoms with Gasteiger partial charge in [0.2, 0.25) is 0 Å². The molecule has 0 bridgehead atoms. The summed E-state index contributed by atoms with van der Waals surface area (Å²) < 4.78 is 10.5. The summed E-state index contributed by atoms with van der Waals surface area (Å²) >= 11 is 0. The van der Waals surface area contributed by atoms with Crippen LogP contribution in [0, 0.1) is 6.92 Å². The summed E-state index contributed by atoms with van der Waals surface area (Å²) in [4.78, 5) is 22.4. The molecule has 1 aromatic carbocycles. The van der Waals surface area contributed by atoms with Crippen molar-refractivity contribution < 1.29 is 19.1 Å². The van der Waals surface area contributed by atoms with E-state index >= 15 is 0 Å². The topological polar surface area (TPSA) is 52.6 Å². The fourth-order valence-electron chi connectivity index (χ4n) is 2.14. The van der Waals surface area contributed by atoms with Crippen LogP contribution in [-0.2, 0) is 15.1 Å². The number of hydrogen-bond acceptors (Lipinski definition) is 4. The predicted molar refractivity (Wildman–Crippen MR) is 61.2 cm³/mol. The van der Waals surface area contributed by atoms with Gasteiger partial charge in [0.25, 0.3) is 0 Å². The normalized spacial score (nSPS) is 21.9. The number of fused-ring (bicyclic) bond motifs is 1. The fraction of sp³-hybridized carbons (Fsp3) is 0.385. The Hall–Kier alpha value is -1.84. The van der Waals surface area contributed by atoms with E-state index in [2.05, 4.69) is 0 Å². The van der Waals surface area contributed by atoms with E-state index in [1.807, 2.05) is 6.92 Å². The summed E-state index contributed by atoms with van der Waals surface area (Å²) in [5.41, 5.74) is 1.25. The van der Waals surface area contributed by atoms with Crippen LogP contribution in [0.15, 0.2) is 12.1 Å². The average Bonchev–Trinajstić information content (AvgIpc) is 2.50. The van der Waals surface area contributed by atoms with Crippen LogP contribution in [0.25, 0.3) is 0 Å². The smallest absolute Gasteiger partial charge is 0.339 e. The van der Waals surface area contributed by atoms with E-state index in [1.165, 1.54) is 0 Å². The zero-order valence-electron chi connectivity index (χ0n) is 10.1. The van der Waals surface area contributed by atoms with Crippen molar-refractivity contribution in [2.24, 2.45) is 0 Å². The molecule has 1 atom stereocenters. The number of hydrogen-bond donors (Lipinski definition) is 0. The molecule has 1 aliphatic rings. The van der Waals surface area contributed by atoms with Gasteiger partial charge in [-0.05, 0) is 31.5 Å². The molecule has 90 valence electrons. The summed E-state index contributed by atoms with van der Waals surface area (Å²) in [7, 11) is 1.57. The summed E-state index contributed by atoms with van der Waals surface area (Å²) in [6.07, 6.45) is 0.909. The molecular formula is C13H14O4. The number of carbonyl (C=O) groups is 2. The van der Waals surface area contributed by atoms with Crippen LogP contribution < -0.4 is 4.74 Å². The lowest BCUT2D eigenvalue weighted by molar-refractivity contribution is -0.111. The van der Waals surface area contributed by atoms with Gasteiger partial charge in [-0.2, -0.15) is 0 Å². The van der Waals surface area contributed by atoms with E-state index in [-0.39, 0.29) is 12.4 Å². The van der Waals surface area contributed by atoms with E-state index in [0.29, 0.717) is 11.3 Å². The molecule has 0 radical (unpaired) electrons. The number of aldehydes is 1. The number of carbonyl (C=O) groups excluding carboxylic acids is 2. The molecule has 2 rings (SSSR count). The van der Waals surface area contributed by atoms with Crippen molar-refractivity contribution in [1.82, 2.24) is 0 Å². The SMILES string of the molecule is COc1cc2c(cc1C)C(=O)OC2(C)CC=O. The third kappa shape index (κ3) is 1.69. The molecule has 1 heterocycles. The highest BCUT2D eigenvalue weighted by Crippen LogP contribution is 2.41. The van der Waals surface area contributed by atoms with E-state index in [9.17, 15) is 9.59 Å². The number of rotatable bonds is 3. The number of aryl methyl sites for hydroxylation is 1. The lowest BCUT2D eigenvalue weighted by Crippen LogP contribution is -2.22. The zero-order chi connectivity index (χ0) is 12.6. The molecular weight excluding hydrogens is 220 g/mol. The standard InChI is InChI=1S/C13H14O4/c1-8-6-9-10(7-11(8)16-3)13(2,4-5-14)17-12(9)15/h5-7H,4H2,1-3H3. The summed E-state index contributed by atoms with van der Waals surface area (Å²) in [5, 5.41) is 0. The first-order chi connectivity index (χ1) is 8.01. The van der Waals surface area contributed by atoms with Gasteiger partial charge in [-0.15, -0.1) is 0 Å². The summed E-state index contributed by atoms with van der Waals surface area (Å²) in [5.74, 6) is 0.314. The Morgan fingerprint density at radius 3 is 2.76 bits per heavy atom. The van der Waals surface area contributed by atoms with Crippen molar-refractivity contribution >= 4 is 12.3 Å². The number of esters is 1. The van der Waals surface area contributed by atoms with E-state index in [0.717, 1.165) is 17.4 Å². The first-order valence-corrected chi connectivity index (χ1v) is 5.38. The fourth-order valence-corrected chi connectivity index (χ4v) is 2.14. The molecule has 1 aromatic rings. The van der Waals surface area contributed by atoms with Crippen LogP contribution in [0.1, 0.15) is 34.8 Å². The molecule has 0 aromatic heterocycles. The zero-order valence-corrected chi connectivity index (χ0v) is 10.1. The monoisotopic (exact) mass is 234 g/mol. The van der Waals surface area contributed by atoms with Crippen molar-refractivity contribution in [3.63, 3.8) is 0 Å². The molecule has 1 aliphatic heterocycles. The Bertz CT molecular complexity index is 492. The Morgan fingerprint density at radius 2 is 2.18 bits per heavy atom. The number of benzene rings is 1. The molecule has 0 saturated carbocycles. The van der Waals surface area contributed by atoms with Gasteiger partial charge < -0.3 is 14.3 Å².